The molecule has 0 spiro atoms. The van der Waals surface area contributed by atoms with Crippen LogP contribution in [0.3, 0.4) is 0 Å². The Morgan fingerprint density at radius 2 is 0.949 bits per heavy atom. The fourth-order valence-corrected chi connectivity index (χ4v) is 7.16. The third kappa shape index (κ3) is 41.8. The normalized spacial score (nSPS) is 13.9. The number of rotatable bonds is 43. The van der Waals surface area contributed by atoms with Gasteiger partial charge >= 0.3 is 5.97 Å². The van der Waals surface area contributed by atoms with Crippen molar-refractivity contribution in [1.29, 1.82) is 0 Å². The first kappa shape index (κ1) is 56.3. The van der Waals surface area contributed by atoms with Crippen LogP contribution in [0.4, 0.5) is 0 Å². The second-order valence-electron chi connectivity index (χ2n) is 16.6. The molecule has 0 aromatic carbocycles. The smallest absolute Gasteiger partial charge is 0.306 e. The molecule has 0 saturated heterocycles. The van der Waals surface area contributed by atoms with E-state index in [1.807, 2.05) is 48.6 Å². The van der Waals surface area contributed by atoms with Gasteiger partial charge in [-0.2, -0.15) is 0 Å². The van der Waals surface area contributed by atoms with E-state index in [1.54, 1.807) is 0 Å². The Balaban J connectivity index is 4.71. The van der Waals surface area contributed by atoms with Crippen LogP contribution in [-0.4, -0.2) is 46.9 Å². The van der Waals surface area contributed by atoms with E-state index in [2.05, 4.69) is 50.4 Å². The first-order chi connectivity index (χ1) is 29.0. The van der Waals surface area contributed by atoms with Gasteiger partial charge in [-0.25, -0.2) is 0 Å². The summed E-state index contributed by atoms with van der Waals surface area (Å²) in [5.74, 6) is -0.568. The number of nitrogens with one attached hydrogen (secondary N) is 1. The third-order valence-corrected chi connectivity index (χ3v) is 10.9. The zero-order valence-corrected chi connectivity index (χ0v) is 38.6. The van der Waals surface area contributed by atoms with Gasteiger partial charge in [-0.05, 0) is 64.2 Å². The van der Waals surface area contributed by atoms with Crippen LogP contribution in [0.25, 0.3) is 0 Å². The van der Waals surface area contributed by atoms with E-state index >= 15 is 0 Å². The van der Waals surface area contributed by atoms with Gasteiger partial charge in [-0.3, -0.25) is 9.59 Å². The molecule has 3 N–H and O–H groups in total. The van der Waals surface area contributed by atoms with Crippen LogP contribution in [0.1, 0.15) is 226 Å². The third-order valence-electron chi connectivity index (χ3n) is 10.9. The lowest BCUT2D eigenvalue weighted by Gasteiger charge is -2.24. The van der Waals surface area contributed by atoms with E-state index in [0.717, 1.165) is 70.6 Å². The Kier molecular flexibility index (Phi) is 44.2. The molecular formula is C53H93NO5. The van der Waals surface area contributed by atoms with Crippen LogP contribution in [-0.2, 0) is 14.3 Å². The Morgan fingerprint density at radius 1 is 0.508 bits per heavy atom. The predicted molar refractivity (Wildman–Crippen MR) is 255 cm³/mol. The van der Waals surface area contributed by atoms with Gasteiger partial charge in [0.05, 0.1) is 25.2 Å². The molecule has 1 amide bonds. The topological polar surface area (TPSA) is 95.9 Å². The highest BCUT2D eigenvalue weighted by Gasteiger charge is 2.24. The number of ether oxygens (including phenoxy) is 1. The zero-order valence-electron chi connectivity index (χ0n) is 38.6. The molecule has 6 heteroatoms. The molecule has 0 aromatic rings. The van der Waals surface area contributed by atoms with Crippen molar-refractivity contribution >= 4 is 11.9 Å². The van der Waals surface area contributed by atoms with Crippen LogP contribution in [0.15, 0.2) is 72.9 Å². The molecule has 340 valence electrons. The van der Waals surface area contributed by atoms with Crippen molar-refractivity contribution in [3.63, 3.8) is 0 Å². The summed E-state index contributed by atoms with van der Waals surface area (Å²) in [5, 5.41) is 23.7. The van der Waals surface area contributed by atoms with Crippen molar-refractivity contribution in [2.24, 2.45) is 0 Å². The van der Waals surface area contributed by atoms with Gasteiger partial charge in [-0.1, -0.05) is 222 Å². The zero-order chi connectivity index (χ0) is 43.1. The van der Waals surface area contributed by atoms with Crippen molar-refractivity contribution in [3.05, 3.63) is 72.9 Å². The molecule has 0 saturated carbocycles. The van der Waals surface area contributed by atoms with Gasteiger partial charge < -0.3 is 20.3 Å². The highest BCUT2D eigenvalue weighted by atomic mass is 16.5. The molecule has 3 unspecified atom stereocenters. The first-order valence-electron chi connectivity index (χ1n) is 24.7. The standard InChI is InChI=1S/C53H93NO5/c1-4-7-10-13-16-19-22-25-28-31-34-37-40-43-46-53(58)59-49(44-41-38-35-32-29-26-23-20-17-14-11-8-5-2)47-52(57)54-50(48-55)51(56)45-42-39-36-33-30-27-24-21-18-15-12-9-6-3/h8,11,14,17,20,23,26,28-29,31-32,35,49-51,55-56H,4-7,9-10,12-13,15-16,18-19,21-22,24-25,27,30,33-34,36-48H2,1-3H3,(H,54,57)/b11-8+,17-14+,23-20-,29-26-,31-28-,35-32+. The van der Waals surface area contributed by atoms with Gasteiger partial charge in [0, 0.05) is 6.42 Å². The molecule has 0 rings (SSSR count). The van der Waals surface area contributed by atoms with Crippen LogP contribution >= 0.6 is 0 Å². The number of carbonyl (C=O) groups is 2. The van der Waals surface area contributed by atoms with E-state index in [4.69, 9.17) is 4.74 Å². The number of aliphatic hydroxyl groups is 2. The Bertz CT molecular complexity index is 1110. The summed E-state index contributed by atoms with van der Waals surface area (Å²) in [5.41, 5.74) is 0. The molecule has 0 aliphatic carbocycles. The minimum absolute atomic E-state index is 0.0204. The molecule has 6 nitrogen and oxygen atoms in total. The van der Waals surface area contributed by atoms with Crippen molar-refractivity contribution in [2.75, 3.05) is 6.61 Å². The lowest BCUT2D eigenvalue weighted by atomic mass is 10.0. The van der Waals surface area contributed by atoms with Crippen LogP contribution < -0.4 is 5.32 Å². The maximum atomic E-state index is 13.2. The monoisotopic (exact) mass is 824 g/mol. The number of hydrogen-bond donors (Lipinski definition) is 3. The van der Waals surface area contributed by atoms with Gasteiger partial charge in [0.15, 0.2) is 0 Å². The number of carbonyl (C=O) groups excluding carboxylic acids is 2. The maximum Gasteiger partial charge on any atom is 0.306 e. The Hall–Kier alpha value is -2.70. The summed E-state index contributed by atoms with van der Waals surface area (Å²) >= 11 is 0. The second-order valence-corrected chi connectivity index (χ2v) is 16.6. The van der Waals surface area contributed by atoms with E-state index in [0.29, 0.717) is 19.3 Å². The molecular weight excluding hydrogens is 731 g/mol. The van der Waals surface area contributed by atoms with E-state index < -0.39 is 18.2 Å². The number of allylic oxidation sites excluding steroid dienone is 12. The summed E-state index contributed by atoms with van der Waals surface area (Å²) in [6, 6.07) is -0.729. The SMILES string of the molecule is CC/C=C/C=C/C=C\C=C/C=C/CCCC(CC(=O)NC(CO)C(O)CCCCCCCCCCCCCCC)OC(=O)CCCCC/C=C\CCCCCCCCC. The molecule has 0 aliphatic rings. The highest BCUT2D eigenvalue weighted by molar-refractivity contribution is 5.77. The van der Waals surface area contributed by atoms with Crippen molar-refractivity contribution in [3.8, 4) is 0 Å². The van der Waals surface area contributed by atoms with Gasteiger partial charge in [-0.15, -0.1) is 0 Å². The molecule has 0 radical (unpaired) electrons. The van der Waals surface area contributed by atoms with Crippen molar-refractivity contribution in [2.45, 2.75) is 244 Å². The first-order valence-corrected chi connectivity index (χ1v) is 24.7. The predicted octanol–water partition coefficient (Wildman–Crippen LogP) is 14.6. The largest absolute Gasteiger partial charge is 0.462 e. The fourth-order valence-electron chi connectivity index (χ4n) is 7.16. The number of esters is 1. The molecule has 0 aromatic heterocycles. The van der Waals surface area contributed by atoms with Gasteiger partial charge in [0.25, 0.3) is 0 Å². The minimum Gasteiger partial charge on any atom is -0.462 e. The summed E-state index contributed by atoms with van der Waals surface area (Å²) < 4.78 is 5.87. The van der Waals surface area contributed by atoms with Crippen LogP contribution in [0.5, 0.6) is 0 Å². The van der Waals surface area contributed by atoms with E-state index in [9.17, 15) is 19.8 Å². The second kappa shape index (κ2) is 46.4. The average molecular weight is 824 g/mol. The Morgan fingerprint density at radius 3 is 1.46 bits per heavy atom. The van der Waals surface area contributed by atoms with Crippen molar-refractivity contribution in [1.82, 2.24) is 5.32 Å². The molecule has 0 bridgehead atoms. The summed E-state index contributed by atoms with van der Waals surface area (Å²) in [6.45, 7) is 6.30. The summed E-state index contributed by atoms with van der Waals surface area (Å²) in [6.07, 6.45) is 58.2. The molecule has 0 fully saturated rings. The maximum absolute atomic E-state index is 13.2. The Labute approximate surface area is 364 Å². The van der Waals surface area contributed by atoms with Crippen LogP contribution in [0.2, 0.25) is 0 Å². The number of hydrogen-bond acceptors (Lipinski definition) is 5. The summed E-state index contributed by atoms with van der Waals surface area (Å²) in [4.78, 5) is 26.1. The average Bonchev–Trinajstić information content (AvgIpc) is 3.23. The van der Waals surface area contributed by atoms with Crippen LogP contribution in [0, 0.1) is 0 Å². The van der Waals surface area contributed by atoms with Crippen molar-refractivity contribution < 1.29 is 24.5 Å². The molecule has 3 atom stereocenters. The molecule has 0 aliphatic heterocycles. The highest BCUT2D eigenvalue weighted by Crippen LogP contribution is 2.17. The molecule has 59 heavy (non-hydrogen) atoms. The lowest BCUT2D eigenvalue weighted by molar-refractivity contribution is -0.151. The number of unbranched alkanes of at least 4 members (excludes halogenated alkanes) is 23. The lowest BCUT2D eigenvalue weighted by Crippen LogP contribution is -2.46. The minimum atomic E-state index is -0.810. The van der Waals surface area contributed by atoms with Gasteiger partial charge in [0.1, 0.15) is 6.10 Å². The van der Waals surface area contributed by atoms with Gasteiger partial charge in [0.2, 0.25) is 5.91 Å². The number of aliphatic hydroxyl groups excluding tert-OH is 2. The number of amides is 1. The molecule has 0 heterocycles. The van der Waals surface area contributed by atoms with E-state index in [-0.39, 0.29) is 24.9 Å². The summed E-state index contributed by atoms with van der Waals surface area (Å²) in [7, 11) is 0. The van der Waals surface area contributed by atoms with E-state index in [1.165, 1.54) is 109 Å². The fraction of sp³-hybridized carbons (Fsp3) is 0.736. The quantitative estimate of drug-likeness (QED) is 0.0246.